The Labute approximate surface area is 332 Å². The van der Waals surface area contributed by atoms with Crippen LogP contribution in [-0.2, 0) is 10.8 Å². The Morgan fingerprint density at radius 1 is 0.418 bits per heavy atom. The first-order chi connectivity index (χ1) is 25.9. The zero-order valence-electron chi connectivity index (χ0n) is 35.3. The molecule has 4 aromatic carbocycles. The molecule has 0 unspecified atom stereocenters. The van der Waals surface area contributed by atoms with E-state index in [0.717, 1.165) is 73.6 Å². The van der Waals surface area contributed by atoms with Crippen molar-refractivity contribution in [2.24, 2.45) is 17.3 Å². The third-order valence-corrected chi connectivity index (χ3v) is 14.6. The molecule has 0 heterocycles. The largest absolute Gasteiger partial charge is 0.508 e. The molecule has 6 rings (SSSR count). The fourth-order valence-corrected chi connectivity index (χ4v) is 10.8. The van der Waals surface area contributed by atoms with Gasteiger partial charge in [0.1, 0.15) is 23.0 Å². The van der Waals surface area contributed by atoms with Crippen molar-refractivity contribution in [2.75, 3.05) is 0 Å². The number of phenolic OH excluding ortho intramolecular Hbond substituents is 4. The van der Waals surface area contributed by atoms with Gasteiger partial charge in [0.2, 0.25) is 0 Å². The summed E-state index contributed by atoms with van der Waals surface area (Å²) in [6, 6.07) is 25.2. The van der Waals surface area contributed by atoms with Crippen molar-refractivity contribution >= 4 is 0 Å². The summed E-state index contributed by atoms with van der Waals surface area (Å²) in [7, 11) is 0. The smallest absolute Gasteiger partial charge is 0.119 e. The van der Waals surface area contributed by atoms with E-state index >= 15 is 0 Å². The Kier molecular flexibility index (Phi) is 11.5. The number of aromatic hydroxyl groups is 4. The average Bonchev–Trinajstić information content (AvgIpc) is 3.15. The maximum absolute atomic E-state index is 10.8. The first-order valence-electron chi connectivity index (χ1n) is 21.2. The first-order valence-corrected chi connectivity index (χ1v) is 21.2. The van der Waals surface area contributed by atoms with Crippen LogP contribution in [0.25, 0.3) is 0 Å². The lowest BCUT2D eigenvalue weighted by Gasteiger charge is -2.52. The van der Waals surface area contributed by atoms with E-state index in [-0.39, 0.29) is 39.9 Å². The van der Waals surface area contributed by atoms with Crippen LogP contribution < -0.4 is 0 Å². The van der Waals surface area contributed by atoms with Crippen molar-refractivity contribution in [3.05, 3.63) is 117 Å². The van der Waals surface area contributed by atoms with Crippen LogP contribution >= 0.6 is 0 Å². The highest BCUT2D eigenvalue weighted by molar-refractivity contribution is 5.51. The molecule has 55 heavy (non-hydrogen) atoms. The summed E-state index contributed by atoms with van der Waals surface area (Å²) in [4.78, 5) is 0. The summed E-state index contributed by atoms with van der Waals surface area (Å²) >= 11 is 0. The Balaban J connectivity index is 1.31. The van der Waals surface area contributed by atoms with Gasteiger partial charge in [-0.15, -0.1) is 0 Å². The third-order valence-electron chi connectivity index (χ3n) is 14.6. The molecule has 2 aliphatic rings. The van der Waals surface area contributed by atoms with E-state index in [1.165, 1.54) is 22.3 Å². The lowest BCUT2D eigenvalue weighted by atomic mass is 9.53. The van der Waals surface area contributed by atoms with Gasteiger partial charge in [-0.1, -0.05) is 118 Å². The van der Waals surface area contributed by atoms with Gasteiger partial charge in [-0.2, -0.15) is 0 Å². The number of phenols is 4. The molecule has 4 nitrogen and oxygen atoms in total. The number of hydrogen-bond acceptors (Lipinski definition) is 4. The Morgan fingerprint density at radius 3 is 0.836 bits per heavy atom. The van der Waals surface area contributed by atoms with Crippen LogP contribution in [0.2, 0.25) is 0 Å². The molecule has 2 aliphatic carbocycles. The number of rotatable bonds is 10. The minimum absolute atomic E-state index is 0.143. The molecule has 2 saturated carbocycles. The topological polar surface area (TPSA) is 80.9 Å². The summed E-state index contributed by atoms with van der Waals surface area (Å²) in [5.74, 6) is 3.48. The normalized spacial score (nSPS) is 18.1. The summed E-state index contributed by atoms with van der Waals surface area (Å²) in [6.45, 7) is 22.3. The van der Waals surface area contributed by atoms with Gasteiger partial charge in [0.05, 0.1) is 0 Å². The van der Waals surface area contributed by atoms with Crippen molar-refractivity contribution in [1.82, 2.24) is 0 Å². The Hall–Kier alpha value is -3.92. The van der Waals surface area contributed by atoms with Crippen LogP contribution in [0.3, 0.4) is 0 Å². The summed E-state index contributed by atoms with van der Waals surface area (Å²) in [5, 5.41) is 43.3. The lowest BCUT2D eigenvalue weighted by Crippen LogP contribution is -2.43. The van der Waals surface area contributed by atoms with Crippen LogP contribution in [0.5, 0.6) is 23.0 Å². The van der Waals surface area contributed by atoms with Crippen molar-refractivity contribution in [2.45, 2.75) is 155 Å². The molecule has 296 valence electrons. The second-order valence-corrected chi connectivity index (χ2v) is 19.2. The van der Waals surface area contributed by atoms with Gasteiger partial charge >= 0.3 is 0 Å². The predicted octanol–water partition coefficient (Wildman–Crippen LogP) is 13.7. The standard InChI is InChI=1S/C51H68O4/c1-31(2)41-27-37(11-15-45(41)52)50(38-12-16-46(53)42(28-38)32(3)4)23-19-35(20-24-50)49(9,10)36-21-25-51(26-22-36,39-13-17-47(54)43(29-39)33(5)6)40-14-18-48(55)44(30-40)34(7)8/h11-18,27-36,52-55H,19-26H2,1-10H3. The van der Waals surface area contributed by atoms with E-state index in [9.17, 15) is 20.4 Å². The van der Waals surface area contributed by atoms with Crippen molar-refractivity contribution in [1.29, 1.82) is 0 Å². The van der Waals surface area contributed by atoms with Crippen molar-refractivity contribution in [3.8, 4) is 23.0 Å². The predicted molar refractivity (Wildman–Crippen MR) is 228 cm³/mol. The van der Waals surface area contributed by atoms with Gasteiger partial charge in [-0.3, -0.25) is 0 Å². The minimum atomic E-state index is -0.192. The van der Waals surface area contributed by atoms with E-state index in [1.807, 2.05) is 24.3 Å². The van der Waals surface area contributed by atoms with Gasteiger partial charge < -0.3 is 20.4 Å². The molecule has 0 aliphatic heterocycles. The maximum atomic E-state index is 10.8. The van der Waals surface area contributed by atoms with Crippen LogP contribution in [0.1, 0.15) is 189 Å². The number of benzene rings is 4. The lowest BCUT2D eigenvalue weighted by molar-refractivity contribution is 0.0364. The molecule has 0 saturated heterocycles. The van der Waals surface area contributed by atoms with E-state index < -0.39 is 0 Å². The number of hydrogen-bond donors (Lipinski definition) is 4. The molecule has 4 heteroatoms. The fraction of sp³-hybridized carbons (Fsp3) is 0.529. The van der Waals surface area contributed by atoms with Gasteiger partial charge in [0.25, 0.3) is 0 Å². The highest BCUT2D eigenvalue weighted by Gasteiger charge is 2.48. The van der Waals surface area contributed by atoms with E-state index in [4.69, 9.17) is 0 Å². The van der Waals surface area contributed by atoms with Gasteiger partial charge in [-0.05, 0) is 161 Å². The second-order valence-electron chi connectivity index (χ2n) is 19.2. The van der Waals surface area contributed by atoms with Crippen LogP contribution in [0.4, 0.5) is 0 Å². The maximum Gasteiger partial charge on any atom is 0.119 e. The molecular weight excluding hydrogens is 677 g/mol. The SMILES string of the molecule is CC(C)c1cc(C2(c3ccc(O)c(C(C)C)c3)CCC(C(C)(C)C3CCC(c4ccc(O)c(C(C)C)c4)(c4ccc(O)c(C(C)C)c4)CC3)CC2)ccc1O. The van der Waals surface area contributed by atoms with Crippen molar-refractivity contribution in [3.63, 3.8) is 0 Å². The van der Waals surface area contributed by atoms with Gasteiger partial charge in [0.15, 0.2) is 0 Å². The van der Waals surface area contributed by atoms with Crippen molar-refractivity contribution < 1.29 is 20.4 Å². The third kappa shape index (κ3) is 7.52. The van der Waals surface area contributed by atoms with Gasteiger partial charge in [-0.25, -0.2) is 0 Å². The molecule has 0 amide bonds. The highest BCUT2D eigenvalue weighted by atomic mass is 16.3. The van der Waals surface area contributed by atoms with Crippen LogP contribution in [0.15, 0.2) is 72.8 Å². The Morgan fingerprint density at radius 2 is 0.636 bits per heavy atom. The van der Waals surface area contributed by atoms with Gasteiger partial charge in [0, 0.05) is 10.8 Å². The highest BCUT2D eigenvalue weighted by Crippen LogP contribution is 2.58. The van der Waals surface area contributed by atoms with Crippen LogP contribution in [0, 0.1) is 17.3 Å². The second kappa shape index (κ2) is 15.5. The zero-order chi connectivity index (χ0) is 40.0. The van der Waals surface area contributed by atoms with E-state index in [0.29, 0.717) is 34.8 Å². The summed E-state index contributed by atoms with van der Waals surface area (Å²) < 4.78 is 0. The summed E-state index contributed by atoms with van der Waals surface area (Å²) in [6.07, 6.45) is 8.59. The molecule has 0 atom stereocenters. The van der Waals surface area contributed by atoms with Crippen LogP contribution in [-0.4, -0.2) is 20.4 Å². The molecule has 2 fully saturated rings. The molecule has 0 aromatic heterocycles. The first kappa shape index (κ1) is 40.7. The molecule has 0 radical (unpaired) electrons. The molecule has 0 bridgehead atoms. The quantitative estimate of drug-likeness (QED) is 0.130. The molecular formula is C51H68O4. The van der Waals surface area contributed by atoms with E-state index in [2.05, 4.69) is 118 Å². The fourth-order valence-electron chi connectivity index (χ4n) is 10.8. The molecule has 0 spiro atoms. The summed E-state index contributed by atoms with van der Waals surface area (Å²) in [5.41, 5.74) is 8.85. The average molecular weight is 745 g/mol. The zero-order valence-corrected chi connectivity index (χ0v) is 35.3. The molecule has 4 N–H and O–H groups in total. The van der Waals surface area contributed by atoms with E-state index in [1.54, 1.807) is 0 Å². The monoisotopic (exact) mass is 745 g/mol. The molecule has 4 aromatic rings. The minimum Gasteiger partial charge on any atom is -0.508 e. The Bertz CT molecular complexity index is 1700.